The normalized spacial score (nSPS) is 32.6. The molecule has 2 nitrogen and oxygen atoms in total. The second kappa shape index (κ2) is 5.02. The monoisotopic (exact) mass is 292 g/mol. The summed E-state index contributed by atoms with van der Waals surface area (Å²) in [6.45, 7) is 4.48. The molecule has 4 unspecified atom stereocenters. The Morgan fingerprint density at radius 1 is 1.15 bits per heavy atom. The van der Waals surface area contributed by atoms with Crippen LogP contribution in [0.4, 0.5) is 13.2 Å². The van der Waals surface area contributed by atoms with Gasteiger partial charge in [0, 0.05) is 6.42 Å². The number of hydrogen-bond acceptors (Lipinski definition) is 2. The summed E-state index contributed by atoms with van der Waals surface area (Å²) in [4.78, 5) is 0. The summed E-state index contributed by atoms with van der Waals surface area (Å²) in [5, 5.41) is 9.57. The topological polar surface area (TPSA) is 29.5 Å². The third-order valence-electron chi connectivity index (χ3n) is 4.49. The quantitative estimate of drug-likeness (QED) is 0.783. The standard InChI is InChI=1S/C15H23F3O2/c1-13(2,9-14(3,19)15(16,17)18)20-8-12-7-10-4-5-11(12)6-10/h4-5,10-12,19H,6-9H2,1-3H3. The van der Waals surface area contributed by atoms with Crippen LogP contribution in [-0.4, -0.2) is 29.1 Å². The summed E-state index contributed by atoms with van der Waals surface area (Å²) in [6.07, 6.45) is 1.53. The first-order valence-electron chi connectivity index (χ1n) is 7.12. The van der Waals surface area contributed by atoms with Crippen molar-refractivity contribution >= 4 is 0 Å². The summed E-state index contributed by atoms with van der Waals surface area (Å²) in [7, 11) is 0. The van der Waals surface area contributed by atoms with Crippen LogP contribution in [0, 0.1) is 17.8 Å². The highest BCUT2D eigenvalue weighted by molar-refractivity contribution is 5.10. The molecule has 0 radical (unpaired) electrons. The van der Waals surface area contributed by atoms with E-state index in [1.54, 1.807) is 13.8 Å². The highest BCUT2D eigenvalue weighted by Gasteiger charge is 2.52. The second-order valence-electron chi connectivity index (χ2n) is 7.06. The molecule has 1 N–H and O–H groups in total. The molecule has 20 heavy (non-hydrogen) atoms. The van der Waals surface area contributed by atoms with Crippen molar-refractivity contribution in [1.29, 1.82) is 0 Å². The van der Waals surface area contributed by atoms with Gasteiger partial charge in [0.2, 0.25) is 0 Å². The van der Waals surface area contributed by atoms with Crippen molar-refractivity contribution in [3.63, 3.8) is 0 Å². The maximum absolute atomic E-state index is 12.7. The van der Waals surface area contributed by atoms with Crippen molar-refractivity contribution in [1.82, 2.24) is 0 Å². The molecule has 5 heteroatoms. The smallest absolute Gasteiger partial charge is 0.381 e. The number of fused-ring (bicyclic) bond motifs is 2. The summed E-state index contributed by atoms with van der Waals surface area (Å²) in [5.74, 6) is 1.54. The van der Waals surface area contributed by atoms with Gasteiger partial charge in [0.1, 0.15) is 0 Å². The Morgan fingerprint density at radius 2 is 1.80 bits per heavy atom. The van der Waals surface area contributed by atoms with E-state index in [4.69, 9.17) is 4.74 Å². The Bertz CT molecular complexity index is 385. The van der Waals surface area contributed by atoms with Gasteiger partial charge in [-0.2, -0.15) is 13.2 Å². The number of halogens is 3. The van der Waals surface area contributed by atoms with Gasteiger partial charge >= 0.3 is 6.18 Å². The molecule has 2 aliphatic carbocycles. The highest BCUT2D eigenvalue weighted by atomic mass is 19.4. The van der Waals surface area contributed by atoms with Gasteiger partial charge in [-0.3, -0.25) is 0 Å². The van der Waals surface area contributed by atoms with E-state index in [-0.39, 0.29) is 0 Å². The first kappa shape index (κ1) is 15.8. The van der Waals surface area contributed by atoms with E-state index in [1.165, 1.54) is 0 Å². The van der Waals surface area contributed by atoms with Gasteiger partial charge in [0.15, 0.2) is 5.60 Å². The molecule has 2 rings (SSSR count). The fourth-order valence-electron chi connectivity index (χ4n) is 3.40. The second-order valence-corrected chi connectivity index (χ2v) is 7.06. The van der Waals surface area contributed by atoms with Crippen LogP contribution >= 0.6 is 0 Å². The maximum atomic E-state index is 12.7. The lowest BCUT2D eigenvalue weighted by atomic mass is 9.89. The summed E-state index contributed by atoms with van der Waals surface area (Å²) in [5.41, 5.74) is -3.71. The van der Waals surface area contributed by atoms with E-state index in [2.05, 4.69) is 12.2 Å². The van der Waals surface area contributed by atoms with Crippen LogP contribution in [0.2, 0.25) is 0 Å². The van der Waals surface area contributed by atoms with Gasteiger partial charge in [0.25, 0.3) is 0 Å². The minimum Gasteiger partial charge on any atom is -0.381 e. The average molecular weight is 292 g/mol. The molecule has 0 aromatic heterocycles. The molecule has 1 saturated carbocycles. The van der Waals surface area contributed by atoms with E-state index >= 15 is 0 Å². The van der Waals surface area contributed by atoms with Crippen LogP contribution in [0.3, 0.4) is 0 Å². The molecular formula is C15H23F3O2. The SMILES string of the molecule is CC(C)(CC(C)(O)C(F)(F)F)OCC1CC2C=CC1C2. The van der Waals surface area contributed by atoms with Gasteiger partial charge in [0.05, 0.1) is 12.2 Å². The molecule has 0 aliphatic heterocycles. The van der Waals surface area contributed by atoms with E-state index < -0.39 is 23.8 Å². The predicted molar refractivity (Wildman–Crippen MR) is 70.2 cm³/mol. The van der Waals surface area contributed by atoms with E-state index in [0.717, 1.165) is 19.8 Å². The van der Waals surface area contributed by atoms with Crippen molar-refractivity contribution in [2.45, 2.75) is 57.4 Å². The molecule has 0 amide bonds. The Kier molecular flexibility index (Phi) is 3.97. The number of hydrogen-bond donors (Lipinski definition) is 1. The molecule has 116 valence electrons. The number of rotatable bonds is 5. The molecule has 0 heterocycles. The lowest BCUT2D eigenvalue weighted by Gasteiger charge is -2.36. The maximum Gasteiger partial charge on any atom is 0.417 e. The summed E-state index contributed by atoms with van der Waals surface area (Å²) < 4.78 is 43.8. The van der Waals surface area contributed by atoms with Crippen molar-refractivity contribution in [3.05, 3.63) is 12.2 Å². The lowest BCUT2D eigenvalue weighted by Crippen LogP contribution is -2.48. The zero-order valence-electron chi connectivity index (χ0n) is 12.2. The molecule has 0 aromatic carbocycles. The van der Waals surface area contributed by atoms with Crippen molar-refractivity contribution in [3.8, 4) is 0 Å². The Balaban J connectivity index is 1.86. The third-order valence-corrected chi connectivity index (χ3v) is 4.49. The fourth-order valence-corrected chi connectivity index (χ4v) is 3.40. The molecule has 0 spiro atoms. The van der Waals surface area contributed by atoms with E-state index in [9.17, 15) is 18.3 Å². The van der Waals surface area contributed by atoms with E-state index in [1.807, 2.05) is 0 Å². The number of alkyl halides is 3. The van der Waals surface area contributed by atoms with Gasteiger partial charge < -0.3 is 9.84 Å². The molecular weight excluding hydrogens is 269 g/mol. The Hall–Kier alpha value is -0.550. The van der Waals surface area contributed by atoms with Crippen LogP contribution in [0.1, 0.15) is 40.0 Å². The zero-order valence-corrected chi connectivity index (χ0v) is 12.2. The molecule has 4 atom stereocenters. The average Bonchev–Trinajstić information content (AvgIpc) is 2.84. The molecule has 0 saturated heterocycles. The number of ether oxygens (including phenoxy) is 1. The number of aliphatic hydroxyl groups is 1. The largest absolute Gasteiger partial charge is 0.417 e. The minimum absolute atomic E-state index is 0.403. The summed E-state index contributed by atoms with van der Waals surface area (Å²) >= 11 is 0. The van der Waals surface area contributed by atoms with Gasteiger partial charge in [-0.05, 0) is 51.4 Å². The van der Waals surface area contributed by atoms with E-state index in [0.29, 0.717) is 24.4 Å². The minimum atomic E-state index is -4.64. The lowest BCUT2D eigenvalue weighted by molar-refractivity contribution is -0.269. The fraction of sp³-hybridized carbons (Fsp3) is 0.867. The van der Waals surface area contributed by atoms with Crippen molar-refractivity contribution < 1.29 is 23.0 Å². The first-order chi connectivity index (χ1) is 9.00. The molecule has 2 bridgehead atoms. The first-order valence-corrected chi connectivity index (χ1v) is 7.12. The molecule has 1 fully saturated rings. The molecule has 0 aromatic rings. The van der Waals surface area contributed by atoms with Crippen LogP contribution < -0.4 is 0 Å². The van der Waals surface area contributed by atoms with Crippen LogP contribution in [0.15, 0.2) is 12.2 Å². The van der Waals surface area contributed by atoms with Crippen LogP contribution in [-0.2, 0) is 4.74 Å². The van der Waals surface area contributed by atoms with Crippen LogP contribution in [0.25, 0.3) is 0 Å². The van der Waals surface area contributed by atoms with Crippen LogP contribution in [0.5, 0.6) is 0 Å². The Morgan fingerprint density at radius 3 is 2.25 bits per heavy atom. The van der Waals surface area contributed by atoms with Gasteiger partial charge in [-0.25, -0.2) is 0 Å². The van der Waals surface area contributed by atoms with Crippen molar-refractivity contribution in [2.75, 3.05) is 6.61 Å². The molecule has 2 aliphatic rings. The van der Waals surface area contributed by atoms with Crippen molar-refractivity contribution in [2.24, 2.45) is 17.8 Å². The van der Waals surface area contributed by atoms with Gasteiger partial charge in [-0.1, -0.05) is 12.2 Å². The number of allylic oxidation sites excluding steroid dienone is 2. The van der Waals surface area contributed by atoms with Gasteiger partial charge in [-0.15, -0.1) is 0 Å². The summed E-state index contributed by atoms with van der Waals surface area (Å²) in [6, 6.07) is 0. The third kappa shape index (κ3) is 3.37. The zero-order chi connectivity index (χ0) is 15.2. The highest BCUT2D eigenvalue weighted by Crippen LogP contribution is 2.44. The Labute approximate surface area is 118 Å². The predicted octanol–water partition coefficient (Wildman–Crippen LogP) is 3.70.